The van der Waals surface area contributed by atoms with Gasteiger partial charge in [-0.1, -0.05) is 29.3 Å². The number of nitrogens with one attached hydrogen (secondary N) is 1. The first kappa shape index (κ1) is 28.8. The third-order valence-electron chi connectivity index (χ3n) is 6.82. The minimum atomic E-state index is -3.77. The second kappa shape index (κ2) is 12.4. The number of carbonyl (C=O) groups excluding carboxylic acids is 1. The number of nitrogens with zero attached hydrogens (tertiary/aromatic N) is 3. The van der Waals surface area contributed by atoms with E-state index in [1.165, 1.54) is 49.0 Å². The van der Waals surface area contributed by atoms with Crippen molar-refractivity contribution >= 4 is 66.7 Å². The van der Waals surface area contributed by atoms with E-state index in [1.807, 2.05) is 12.1 Å². The molecule has 1 fully saturated rings. The summed E-state index contributed by atoms with van der Waals surface area (Å²) in [5, 5.41) is 4.12. The lowest BCUT2D eigenvalue weighted by atomic mass is 10.1. The maximum absolute atomic E-state index is 13.3. The molecule has 4 aromatic rings. The van der Waals surface area contributed by atoms with Crippen LogP contribution in [-0.2, 0) is 21.1 Å². The summed E-state index contributed by atoms with van der Waals surface area (Å²) < 4.78 is 26.7. The van der Waals surface area contributed by atoms with E-state index in [2.05, 4.69) is 15.2 Å². The fraction of sp³-hybridized carbons (Fsp3) is 0.321. The van der Waals surface area contributed by atoms with Gasteiger partial charge >= 0.3 is 0 Å². The molecule has 0 aliphatic carbocycles. The summed E-state index contributed by atoms with van der Waals surface area (Å²) in [6.07, 6.45) is 4.95. The molecule has 1 saturated heterocycles. The average Bonchev–Trinajstić information content (AvgIpc) is 3.59. The van der Waals surface area contributed by atoms with Crippen molar-refractivity contribution in [2.45, 2.75) is 29.9 Å². The van der Waals surface area contributed by atoms with Crippen molar-refractivity contribution in [2.75, 3.05) is 37.2 Å². The van der Waals surface area contributed by atoms with E-state index in [-0.39, 0.29) is 21.2 Å². The summed E-state index contributed by atoms with van der Waals surface area (Å²) in [6, 6.07) is 13.2. The summed E-state index contributed by atoms with van der Waals surface area (Å²) >= 11 is 13.2. The average molecular weight is 620 g/mol. The van der Waals surface area contributed by atoms with Gasteiger partial charge in [-0.3, -0.25) is 14.2 Å². The van der Waals surface area contributed by atoms with Gasteiger partial charge in [-0.05, 0) is 86.9 Å². The number of Topliss-reactive ketones (excluding diaryl/α,β-unsaturated/α-hetero) is 1. The minimum Gasteiger partial charge on any atom is -0.385 e. The van der Waals surface area contributed by atoms with Gasteiger partial charge < -0.3 is 10.2 Å². The number of ketones is 1. The van der Waals surface area contributed by atoms with Crippen LogP contribution in [0.3, 0.4) is 0 Å². The highest BCUT2D eigenvalue weighted by molar-refractivity contribution is 7.94. The molecule has 0 saturated carbocycles. The van der Waals surface area contributed by atoms with Crippen LogP contribution in [0, 0.1) is 0 Å². The lowest BCUT2D eigenvalue weighted by Crippen LogP contribution is -2.22. The molecule has 0 spiro atoms. The Labute approximate surface area is 246 Å². The number of fused-ring (bicyclic) bond motifs is 1. The molecule has 1 aliphatic heterocycles. The monoisotopic (exact) mass is 618 g/mol. The molecule has 1 aliphatic rings. The van der Waals surface area contributed by atoms with Crippen molar-refractivity contribution in [2.24, 2.45) is 0 Å². The molecule has 0 radical (unpaired) electrons. The molecule has 40 heavy (non-hydrogen) atoms. The van der Waals surface area contributed by atoms with Gasteiger partial charge in [0, 0.05) is 18.7 Å². The summed E-state index contributed by atoms with van der Waals surface area (Å²) in [4.78, 5) is 32.7. The zero-order valence-corrected chi connectivity index (χ0v) is 24.8. The van der Waals surface area contributed by atoms with Gasteiger partial charge in [-0.15, -0.1) is 11.3 Å². The van der Waals surface area contributed by atoms with E-state index in [0.29, 0.717) is 26.5 Å². The fourth-order valence-corrected chi connectivity index (χ4v) is 7.93. The van der Waals surface area contributed by atoms with Crippen LogP contribution in [-0.4, -0.2) is 60.6 Å². The van der Waals surface area contributed by atoms with Crippen LogP contribution < -0.4 is 10.9 Å². The van der Waals surface area contributed by atoms with E-state index in [4.69, 9.17) is 23.2 Å². The van der Waals surface area contributed by atoms with Crippen LogP contribution in [0.2, 0.25) is 9.36 Å². The molecule has 1 N–H and O–H groups in total. The van der Waals surface area contributed by atoms with Crippen molar-refractivity contribution in [3.63, 3.8) is 0 Å². The molecular formula is C28H28Cl2N4O4S2. The maximum atomic E-state index is 13.3. The number of sulfone groups is 1. The Balaban J connectivity index is 1.25. The molecule has 12 heteroatoms. The number of hydrogen-bond donors (Lipinski definition) is 1. The SMILES string of the molecule is O=C(Cc1ccc(-n2cnc3cc(NCCCN4CCCC4)ccc3c2=O)c(Cl)c1)CS(=O)(=O)c1ccc(Cl)s1. The van der Waals surface area contributed by atoms with Crippen LogP contribution in [0.4, 0.5) is 5.69 Å². The number of likely N-dealkylation sites (tertiary alicyclic amines) is 1. The number of carbonyl (C=O) groups is 1. The predicted molar refractivity (Wildman–Crippen MR) is 161 cm³/mol. The van der Waals surface area contributed by atoms with Crippen LogP contribution >= 0.6 is 34.5 Å². The summed E-state index contributed by atoms with van der Waals surface area (Å²) in [6.45, 7) is 4.31. The van der Waals surface area contributed by atoms with Gasteiger partial charge in [-0.25, -0.2) is 13.4 Å². The quantitative estimate of drug-likeness (QED) is 0.229. The lowest BCUT2D eigenvalue weighted by Gasteiger charge is -2.15. The number of hydrogen-bond acceptors (Lipinski definition) is 8. The summed E-state index contributed by atoms with van der Waals surface area (Å²) in [7, 11) is -3.77. The van der Waals surface area contributed by atoms with E-state index in [0.717, 1.165) is 36.5 Å². The fourth-order valence-electron chi connectivity index (χ4n) is 4.83. The lowest BCUT2D eigenvalue weighted by molar-refractivity contribution is -0.116. The normalized spacial score (nSPS) is 14.2. The molecule has 210 valence electrons. The Bertz CT molecular complexity index is 1710. The summed E-state index contributed by atoms with van der Waals surface area (Å²) in [5.74, 6) is -1.11. The number of halogens is 2. The smallest absolute Gasteiger partial charge is 0.265 e. The highest BCUT2D eigenvalue weighted by Gasteiger charge is 2.22. The van der Waals surface area contributed by atoms with E-state index < -0.39 is 21.4 Å². The zero-order valence-electron chi connectivity index (χ0n) is 21.6. The topological polar surface area (TPSA) is 101 Å². The number of benzene rings is 2. The molecule has 0 amide bonds. The molecule has 5 rings (SSSR count). The Hall–Kier alpha value is -2.76. The van der Waals surface area contributed by atoms with Gasteiger partial charge in [0.1, 0.15) is 16.3 Å². The Kier molecular flexibility index (Phi) is 8.92. The van der Waals surface area contributed by atoms with E-state index >= 15 is 0 Å². The standard InChI is InChI=1S/C28H28Cl2N4O4S2/c29-23-15-19(14-21(35)17-40(37,38)27-9-8-26(30)39-27)4-7-25(23)34-18-32-24-16-20(5-6-22(24)28(34)36)31-10-3-13-33-11-1-2-12-33/h4-9,15-16,18,31H,1-3,10-14,17H2. The second-order valence-electron chi connectivity index (χ2n) is 9.80. The zero-order chi connectivity index (χ0) is 28.3. The first-order valence-corrected chi connectivity index (χ1v) is 16.2. The molecule has 0 atom stereocenters. The Morgan fingerprint density at radius 3 is 2.58 bits per heavy atom. The van der Waals surface area contributed by atoms with Crippen molar-refractivity contribution in [3.8, 4) is 5.69 Å². The van der Waals surface area contributed by atoms with Gasteiger partial charge in [0.05, 0.1) is 25.9 Å². The van der Waals surface area contributed by atoms with Gasteiger partial charge in [0.2, 0.25) is 0 Å². The summed E-state index contributed by atoms with van der Waals surface area (Å²) in [5.41, 5.74) is 2.19. The van der Waals surface area contributed by atoms with Crippen LogP contribution in [0.1, 0.15) is 24.8 Å². The van der Waals surface area contributed by atoms with Crippen LogP contribution in [0.15, 0.2) is 63.9 Å². The minimum absolute atomic E-state index is 0.0582. The predicted octanol–water partition coefficient (Wildman–Crippen LogP) is 5.24. The first-order chi connectivity index (χ1) is 19.2. The molecular weight excluding hydrogens is 591 g/mol. The molecule has 8 nitrogen and oxygen atoms in total. The van der Waals surface area contributed by atoms with Crippen molar-refractivity contribution in [1.82, 2.24) is 14.5 Å². The van der Waals surface area contributed by atoms with Gasteiger partial charge in [-0.2, -0.15) is 0 Å². The van der Waals surface area contributed by atoms with Crippen molar-refractivity contribution in [1.29, 1.82) is 0 Å². The van der Waals surface area contributed by atoms with Gasteiger partial charge in [0.15, 0.2) is 15.6 Å². The maximum Gasteiger partial charge on any atom is 0.265 e. The number of thiophene rings is 1. The second-order valence-corrected chi connectivity index (χ2v) is 14.1. The number of rotatable bonds is 11. The number of anilines is 1. The van der Waals surface area contributed by atoms with Crippen molar-refractivity contribution in [3.05, 3.63) is 80.1 Å². The highest BCUT2D eigenvalue weighted by atomic mass is 35.5. The Morgan fingerprint density at radius 2 is 1.85 bits per heavy atom. The third kappa shape index (κ3) is 6.75. The van der Waals surface area contributed by atoms with Crippen LogP contribution in [0.25, 0.3) is 16.6 Å². The van der Waals surface area contributed by atoms with Gasteiger partial charge in [0.25, 0.3) is 5.56 Å². The Morgan fingerprint density at radius 1 is 1.05 bits per heavy atom. The first-order valence-electron chi connectivity index (χ1n) is 13.0. The third-order valence-corrected chi connectivity index (χ3v) is 10.6. The molecule has 0 unspecified atom stereocenters. The van der Waals surface area contributed by atoms with E-state index in [9.17, 15) is 18.0 Å². The number of aromatic nitrogens is 2. The molecule has 3 heterocycles. The van der Waals surface area contributed by atoms with Crippen molar-refractivity contribution < 1.29 is 13.2 Å². The highest BCUT2D eigenvalue weighted by Crippen LogP contribution is 2.27. The molecule has 0 bridgehead atoms. The van der Waals surface area contributed by atoms with E-state index in [1.54, 1.807) is 24.3 Å². The molecule has 2 aromatic heterocycles. The van der Waals surface area contributed by atoms with Crippen LogP contribution in [0.5, 0.6) is 0 Å². The largest absolute Gasteiger partial charge is 0.385 e. The molecule has 2 aromatic carbocycles.